The van der Waals surface area contributed by atoms with E-state index in [0.29, 0.717) is 5.69 Å². The van der Waals surface area contributed by atoms with Crippen LogP contribution in [0, 0.1) is 5.82 Å². The average Bonchev–Trinajstić information content (AvgIpc) is 2.54. The van der Waals surface area contributed by atoms with Crippen molar-refractivity contribution in [3.63, 3.8) is 0 Å². The molecule has 1 N–H and O–H groups in total. The Morgan fingerprint density at radius 1 is 1.00 bits per heavy atom. The van der Waals surface area contributed by atoms with Gasteiger partial charge in [0, 0.05) is 37.8 Å². The van der Waals surface area contributed by atoms with Crippen molar-refractivity contribution in [2.45, 2.75) is 26.3 Å². The van der Waals surface area contributed by atoms with Crippen molar-refractivity contribution in [3.8, 4) is 0 Å². The molecule has 0 bridgehead atoms. The van der Waals surface area contributed by atoms with Crippen molar-refractivity contribution < 1.29 is 4.39 Å². The van der Waals surface area contributed by atoms with Crippen LogP contribution in [0.25, 0.3) is 0 Å². The minimum Gasteiger partial charge on any atom is -0.366 e. The summed E-state index contributed by atoms with van der Waals surface area (Å²) in [4.78, 5) is 13.0. The summed E-state index contributed by atoms with van der Waals surface area (Å²) in [5, 5.41) is 3.36. The van der Waals surface area contributed by atoms with Gasteiger partial charge in [0.05, 0.1) is 5.69 Å². The van der Waals surface area contributed by atoms with Crippen molar-refractivity contribution in [1.29, 1.82) is 0 Å². The van der Waals surface area contributed by atoms with Crippen LogP contribution in [0.3, 0.4) is 0 Å². The fraction of sp³-hybridized carbons (Fsp3) is 0.444. The van der Waals surface area contributed by atoms with Gasteiger partial charge in [-0.05, 0) is 32.9 Å². The fourth-order valence-electron chi connectivity index (χ4n) is 2.86. The molecule has 2 heterocycles. The molecule has 1 aliphatic heterocycles. The third-order valence-electron chi connectivity index (χ3n) is 3.95. The van der Waals surface area contributed by atoms with Crippen LogP contribution in [-0.2, 0) is 0 Å². The van der Waals surface area contributed by atoms with Crippen LogP contribution in [0.4, 0.5) is 21.7 Å². The molecular weight excluding hydrogens is 305 g/mol. The third kappa shape index (κ3) is 3.93. The van der Waals surface area contributed by atoms with Crippen LogP contribution in [0.15, 0.2) is 36.7 Å². The Bertz CT molecular complexity index is 690. The lowest BCUT2D eigenvalue weighted by Gasteiger charge is -2.37. The summed E-state index contributed by atoms with van der Waals surface area (Å²) < 4.78 is 13.9. The van der Waals surface area contributed by atoms with E-state index >= 15 is 0 Å². The number of hydrogen-bond donors (Lipinski definition) is 1. The first kappa shape index (κ1) is 16.5. The van der Waals surface area contributed by atoms with Gasteiger partial charge in [-0.2, -0.15) is 0 Å². The number of piperazine rings is 1. The average molecular weight is 329 g/mol. The zero-order valence-corrected chi connectivity index (χ0v) is 14.5. The number of aromatic nitrogens is 2. The number of nitrogens with zero attached hydrogens (tertiary/aromatic N) is 4. The van der Waals surface area contributed by atoms with Crippen LogP contribution in [0.5, 0.6) is 0 Å². The molecule has 0 unspecified atom stereocenters. The van der Waals surface area contributed by atoms with Crippen LogP contribution in [-0.4, -0.2) is 41.7 Å². The zero-order chi connectivity index (χ0) is 17.2. The van der Waals surface area contributed by atoms with E-state index in [1.165, 1.54) is 6.07 Å². The molecule has 0 radical (unpaired) electrons. The summed E-state index contributed by atoms with van der Waals surface area (Å²) in [6.45, 7) is 9.45. The zero-order valence-electron chi connectivity index (χ0n) is 14.5. The Labute approximate surface area is 142 Å². The predicted molar refractivity (Wildman–Crippen MR) is 96.2 cm³/mol. The summed E-state index contributed by atoms with van der Waals surface area (Å²) in [6, 6.07) is 8.92. The SMILES string of the molecule is CC(C)(C)Nc1cc(N2CCN(c3ccccc3F)CC2)ncn1. The number of para-hydroxylation sites is 1. The van der Waals surface area contributed by atoms with Gasteiger partial charge in [-0.25, -0.2) is 14.4 Å². The number of nitrogens with one attached hydrogen (secondary N) is 1. The van der Waals surface area contributed by atoms with Gasteiger partial charge >= 0.3 is 0 Å². The Morgan fingerprint density at radius 3 is 2.33 bits per heavy atom. The maximum Gasteiger partial charge on any atom is 0.146 e. The molecule has 0 aliphatic carbocycles. The molecule has 1 saturated heterocycles. The smallest absolute Gasteiger partial charge is 0.146 e. The second-order valence-electron chi connectivity index (χ2n) is 7.06. The molecule has 0 atom stereocenters. The van der Waals surface area contributed by atoms with Crippen molar-refractivity contribution >= 4 is 17.3 Å². The minimum atomic E-state index is -0.162. The van der Waals surface area contributed by atoms with Gasteiger partial charge in [-0.15, -0.1) is 0 Å². The molecule has 0 spiro atoms. The summed E-state index contributed by atoms with van der Waals surface area (Å²) in [5.41, 5.74) is 0.629. The maximum absolute atomic E-state index is 13.9. The van der Waals surface area contributed by atoms with Gasteiger partial charge in [-0.3, -0.25) is 0 Å². The van der Waals surface area contributed by atoms with Crippen LogP contribution >= 0.6 is 0 Å². The Kier molecular flexibility index (Phi) is 4.55. The van der Waals surface area contributed by atoms with E-state index in [1.807, 2.05) is 18.2 Å². The highest BCUT2D eigenvalue weighted by Gasteiger charge is 2.21. The molecule has 128 valence electrons. The first-order valence-corrected chi connectivity index (χ1v) is 8.27. The first-order chi connectivity index (χ1) is 11.4. The van der Waals surface area contributed by atoms with E-state index in [-0.39, 0.29) is 11.4 Å². The van der Waals surface area contributed by atoms with Crippen molar-refractivity contribution in [2.75, 3.05) is 41.3 Å². The summed E-state index contributed by atoms with van der Waals surface area (Å²) in [7, 11) is 0. The Morgan fingerprint density at radius 2 is 1.67 bits per heavy atom. The van der Waals surface area contributed by atoms with E-state index in [2.05, 4.69) is 45.9 Å². The lowest BCUT2D eigenvalue weighted by atomic mass is 10.1. The molecule has 1 aliphatic rings. The van der Waals surface area contributed by atoms with Crippen molar-refractivity contribution in [2.24, 2.45) is 0 Å². The molecule has 0 saturated carbocycles. The second kappa shape index (κ2) is 6.63. The molecular formula is C18H24FN5. The molecule has 1 aromatic heterocycles. The molecule has 0 amide bonds. The van der Waals surface area contributed by atoms with Gasteiger partial charge in [0.15, 0.2) is 0 Å². The number of rotatable bonds is 3. The number of anilines is 3. The largest absolute Gasteiger partial charge is 0.366 e. The molecule has 2 aromatic rings. The van der Waals surface area contributed by atoms with Gasteiger partial charge in [-0.1, -0.05) is 12.1 Å². The molecule has 5 nitrogen and oxygen atoms in total. The van der Waals surface area contributed by atoms with E-state index in [9.17, 15) is 4.39 Å². The van der Waals surface area contributed by atoms with Gasteiger partial charge < -0.3 is 15.1 Å². The molecule has 3 rings (SSSR count). The second-order valence-corrected chi connectivity index (χ2v) is 7.06. The highest BCUT2D eigenvalue weighted by molar-refractivity contribution is 5.53. The molecule has 1 fully saturated rings. The Balaban J connectivity index is 1.67. The van der Waals surface area contributed by atoms with Crippen LogP contribution in [0.2, 0.25) is 0 Å². The van der Waals surface area contributed by atoms with E-state index in [0.717, 1.165) is 37.8 Å². The Hall–Kier alpha value is -2.37. The highest BCUT2D eigenvalue weighted by Crippen LogP contribution is 2.23. The summed E-state index contributed by atoms with van der Waals surface area (Å²) >= 11 is 0. The monoisotopic (exact) mass is 329 g/mol. The number of benzene rings is 1. The van der Waals surface area contributed by atoms with Gasteiger partial charge in [0.2, 0.25) is 0 Å². The van der Waals surface area contributed by atoms with E-state index in [4.69, 9.17) is 0 Å². The normalized spacial score (nSPS) is 15.5. The first-order valence-electron chi connectivity index (χ1n) is 8.27. The van der Waals surface area contributed by atoms with Crippen molar-refractivity contribution in [1.82, 2.24) is 9.97 Å². The topological polar surface area (TPSA) is 44.3 Å². The fourth-order valence-corrected chi connectivity index (χ4v) is 2.86. The quantitative estimate of drug-likeness (QED) is 0.937. The van der Waals surface area contributed by atoms with E-state index < -0.39 is 0 Å². The van der Waals surface area contributed by atoms with Crippen molar-refractivity contribution in [3.05, 3.63) is 42.5 Å². The number of halogens is 1. The lowest BCUT2D eigenvalue weighted by molar-refractivity contribution is 0.596. The molecule has 24 heavy (non-hydrogen) atoms. The standard InChI is InChI=1S/C18H24FN5/c1-18(2,3)22-16-12-17(21-13-20-16)24-10-8-23(9-11-24)15-7-5-4-6-14(15)19/h4-7,12-13H,8-11H2,1-3H3,(H,20,21,22). The van der Waals surface area contributed by atoms with Crippen LogP contribution in [0.1, 0.15) is 20.8 Å². The lowest BCUT2D eigenvalue weighted by Crippen LogP contribution is -2.47. The summed E-state index contributed by atoms with van der Waals surface area (Å²) in [5.74, 6) is 1.57. The van der Waals surface area contributed by atoms with E-state index in [1.54, 1.807) is 12.4 Å². The van der Waals surface area contributed by atoms with Crippen LogP contribution < -0.4 is 15.1 Å². The third-order valence-corrected chi connectivity index (χ3v) is 3.95. The summed E-state index contributed by atoms with van der Waals surface area (Å²) in [6.07, 6.45) is 1.59. The molecule has 6 heteroatoms. The minimum absolute atomic E-state index is 0.0465. The number of hydrogen-bond acceptors (Lipinski definition) is 5. The highest BCUT2D eigenvalue weighted by atomic mass is 19.1. The van der Waals surface area contributed by atoms with Gasteiger partial charge in [0.1, 0.15) is 23.8 Å². The maximum atomic E-state index is 13.9. The van der Waals surface area contributed by atoms with Gasteiger partial charge in [0.25, 0.3) is 0 Å². The predicted octanol–water partition coefficient (Wildman–Crippen LogP) is 3.15. The molecule has 1 aromatic carbocycles.